The average molecular weight is 384 g/mol. The minimum Gasteiger partial charge on any atom is -0.383 e. The van der Waals surface area contributed by atoms with E-state index in [-0.39, 0.29) is 30.0 Å². The quantitative estimate of drug-likeness (QED) is 0.394. The van der Waals surface area contributed by atoms with Gasteiger partial charge in [0.2, 0.25) is 0 Å². The minimum absolute atomic E-state index is 0. The molecule has 0 radical (unpaired) electrons. The summed E-state index contributed by atoms with van der Waals surface area (Å²) in [5, 5.41) is 3.13. The van der Waals surface area contributed by atoms with Crippen molar-refractivity contribution >= 4 is 29.9 Å². The molecule has 2 unspecified atom stereocenters. The van der Waals surface area contributed by atoms with Crippen molar-refractivity contribution in [2.24, 2.45) is 16.6 Å². The number of aliphatic imine (C=N–C) groups is 1. The van der Waals surface area contributed by atoms with Crippen LogP contribution in [-0.2, 0) is 4.74 Å². The van der Waals surface area contributed by atoms with E-state index in [9.17, 15) is 0 Å². The van der Waals surface area contributed by atoms with Crippen molar-refractivity contribution in [1.29, 1.82) is 0 Å². The van der Waals surface area contributed by atoms with Crippen molar-refractivity contribution in [3.05, 3.63) is 0 Å². The van der Waals surface area contributed by atoms with Crippen LogP contribution in [0.1, 0.15) is 26.7 Å². The molecule has 1 aliphatic heterocycles. The van der Waals surface area contributed by atoms with Crippen molar-refractivity contribution in [2.75, 3.05) is 39.9 Å². The molecule has 1 saturated heterocycles. The van der Waals surface area contributed by atoms with E-state index in [1.54, 1.807) is 7.11 Å². The highest BCUT2D eigenvalue weighted by atomic mass is 127. The van der Waals surface area contributed by atoms with E-state index >= 15 is 0 Å². The largest absolute Gasteiger partial charge is 0.383 e. The Balaban J connectivity index is 0.00000324. The lowest BCUT2D eigenvalue weighted by Gasteiger charge is -2.15. The van der Waals surface area contributed by atoms with Crippen molar-refractivity contribution < 1.29 is 4.74 Å². The van der Waals surface area contributed by atoms with Gasteiger partial charge in [0.05, 0.1) is 6.61 Å². The summed E-state index contributed by atoms with van der Waals surface area (Å²) in [6.45, 7) is 9.32. The Bertz CT molecular complexity index is 263. The summed E-state index contributed by atoms with van der Waals surface area (Å²) in [6, 6.07) is 0.207. The number of nitrogens with two attached hydrogens (primary N) is 1. The van der Waals surface area contributed by atoms with Gasteiger partial charge < -0.3 is 20.7 Å². The average Bonchev–Trinajstić information content (AvgIpc) is 2.75. The second-order valence-corrected chi connectivity index (χ2v) is 5.18. The Morgan fingerprint density at radius 2 is 2.32 bits per heavy atom. The van der Waals surface area contributed by atoms with Crippen LogP contribution in [0.15, 0.2) is 4.99 Å². The number of halogens is 1. The molecule has 1 heterocycles. The molecule has 19 heavy (non-hydrogen) atoms. The molecule has 1 fully saturated rings. The van der Waals surface area contributed by atoms with E-state index in [0.717, 1.165) is 13.1 Å². The maximum atomic E-state index is 5.85. The van der Waals surface area contributed by atoms with E-state index < -0.39 is 0 Å². The zero-order valence-corrected chi connectivity index (χ0v) is 14.7. The zero-order valence-electron chi connectivity index (χ0n) is 12.4. The molecule has 0 aliphatic carbocycles. The molecule has 0 amide bonds. The molecule has 114 valence electrons. The third-order valence-corrected chi connectivity index (χ3v) is 3.24. The predicted molar refractivity (Wildman–Crippen MR) is 91.2 cm³/mol. The molecular formula is C13H29IN4O. The molecule has 0 saturated carbocycles. The van der Waals surface area contributed by atoms with Gasteiger partial charge in [0.25, 0.3) is 0 Å². The third-order valence-electron chi connectivity index (χ3n) is 3.24. The summed E-state index contributed by atoms with van der Waals surface area (Å²) in [5.74, 6) is 1.20. The van der Waals surface area contributed by atoms with Gasteiger partial charge in [0.15, 0.2) is 5.96 Å². The van der Waals surface area contributed by atoms with Crippen LogP contribution in [0.4, 0.5) is 0 Å². The number of ether oxygens (including phenoxy) is 1. The number of nitrogens with one attached hydrogen (secondary N) is 1. The number of likely N-dealkylation sites (tertiary alicyclic amines) is 1. The molecule has 0 aromatic carbocycles. The molecule has 2 atom stereocenters. The molecule has 6 heteroatoms. The van der Waals surface area contributed by atoms with Crippen LogP contribution in [0.2, 0.25) is 0 Å². The summed E-state index contributed by atoms with van der Waals surface area (Å²) in [5.41, 5.74) is 5.85. The first kappa shape index (κ1) is 18.9. The van der Waals surface area contributed by atoms with Crippen LogP contribution in [0.3, 0.4) is 0 Å². The molecule has 0 aromatic heterocycles. The Labute approximate surface area is 134 Å². The summed E-state index contributed by atoms with van der Waals surface area (Å²) < 4.78 is 5.04. The van der Waals surface area contributed by atoms with Crippen molar-refractivity contribution in [1.82, 2.24) is 10.2 Å². The van der Waals surface area contributed by atoms with Crippen LogP contribution >= 0.6 is 24.0 Å². The molecule has 1 aliphatic rings. The first-order valence-corrected chi connectivity index (χ1v) is 6.93. The predicted octanol–water partition coefficient (Wildman–Crippen LogP) is 1.28. The van der Waals surface area contributed by atoms with Crippen molar-refractivity contribution in [3.63, 3.8) is 0 Å². The molecule has 1 rings (SSSR count). The zero-order chi connectivity index (χ0) is 13.4. The third kappa shape index (κ3) is 7.94. The summed E-state index contributed by atoms with van der Waals surface area (Å²) in [4.78, 5) is 6.94. The van der Waals surface area contributed by atoms with E-state index in [1.807, 2.05) is 6.92 Å². The summed E-state index contributed by atoms with van der Waals surface area (Å²) >= 11 is 0. The first-order valence-electron chi connectivity index (χ1n) is 6.93. The van der Waals surface area contributed by atoms with E-state index in [4.69, 9.17) is 10.5 Å². The highest BCUT2D eigenvalue weighted by Crippen LogP contribution is 2.16. The van der Waals surface area contributed by atoms with Gasteiger partial charge in [-0.05, 0) is 38.8 Å². The van der Waals surface area contributed by atoms with Gasteiger partial charge >= 0.3 is 0 Å². The van der Waals surface area contributed by atoms with Gasteiger partial charge in [0, 0.05) is 26.2 Å². The number of guanidine groups is 1. The lowest BCUT2D eigenvalue weighted by atomic mass is 10.1. The highest BCUT2D eigenvalue weighted by molar-refractivity contribution is 14.0. The summed E-state index contributed by atoms with van der Waals surface area (Å²) in [7, 11) is 1.69. The Morgan fingerprint density at radius 1 is 1.58 bits per heavy atom. The van der Waals surface area contributed by atoms with Crippen LogP contribution in [0.25, 0.3) is 0 Å². The highest BCUT2D eigenvalue weighted by Gasteiger charge is 2.21. The van der Waals surface area contributed by atoms with Gasteiger partial charge in [-0.25, -0.2) is 0 Å². The monoisotopic (exact) mass is 384 g/mol. The van der Waals surface area contributed by atoms with Gasteiger partial charge in [-0.3, -0.25) is 4.99 Å². The SMILES string of the molecule is CCCN1CCC(CN=C(N)NC(C)COC)C1.I. The van der Waals surface area contributed by atoms with Crippen LogP contribution in [0.5, 0.6) is 0 Å². The number of hydrogen-bond acceptors (Lipinski definition) is 3. The summed E-state index contributed by atoms with van der Waals surface area (Å²) in [6.07, 6.45) is 2.47. The Hall–Kier alpha value is -0.0800. The van der Waals surface area contributed by atoms with Crippen molar-refractivity contribution in [3.8, 4) is 0 Å². The fraction of sp³-hybridized carbons (Fsp3) is 0.923. The number of hydrogen-bond donors (Lipinski definition) is 2. The lowest BCUT2D eigenvalue weighted by molar-refractivity contribution is 0.179. The Morgan fingerprint density at radius 3 is 2.95 bits per heavy atom. The second kappa shape index (κ2) is 10.7. The van der Waals surface area contributed by atoms with Crippen LogP contribution in [0, 0.1) is 5.92 Å². The topological polar surface area (TPSA) is 62.9 Å². The fourth-order valence-electron chi connectivity index (χ4n) is 2.40. The molecule has 0 aromatic rings. The van der Waals surface area contributed by atoms with Gasteiger partial charge in [-0.15, -0.1) is 24.0 Å². The number of nitrogens with zero attached hydrogens (tertiary/aromatic N) is 2. The maximum absolute atomic E-state index is 5.85. The second-order valence-electron chi connectivity index (χ2n) is 5.18. The molecule has 0 spiro atoms. The standard InChI is InChI=1S/C13H28N4O.HI/c1-4-6-17-7-5-12(9-17)8-15-13(14)16-11(2)10-18-3;/h11-12H,4-10H2,1-3H3,(H3,14,15,16);1H. The minimum atomic E-state index is 0. The fourth-order valence-corrected chi connectivity index (χ4v) is 2.40. The van der Waals surface area contributed by atoms with Crippen LogP contribution < -0.4 is 11.1 Å². The maximum Gasteiger partial charge on any atom is 0.188 e. The number of rotatable bonds is 7. The normalized spacial score (nSPS) is 22.1. The van der Waals surface area contributed by atoms with Crippen molar-refractivity contribution in [2.45, 2.75) is 32.7 Å². The molecule has 0 bridgehead atoms. The van der Waals surface area contributed by atoms with E-state index in [0.29, 0.717) is 18.5 Å². The lowest BCUT2D eigenvalue weighted by Crippen LogP contribution is -2.41. The molecular weight excluding hydrogens is 355 g/mol. The van der Waals surface area contributed by atoms with Gasteiger partial charge in [-0.2, -0.15) is 0 Å². The number of methoxy groups -OCH3 is 1. The smallest absolute Gasteiger partial charge is 0.188 e. The molecule has 5 nitrogen and oxygen atoms in total. The van der Waals surface area contributed by atoms with E-state index in [1.165, 1.54) is 25.9 Å². The molecule has 3 N–H and O–H groups in total. The van der Waals surface area contributed by atoms with E-state index in [2.05, 4.69) is 22.1 Å². The van der Waals surface area contributed by atoms with Gasteiger partial charge in [0.1, 0.15) is 0 Å². The van der Waals surface area contributed by atoms with Gasteiger partial charge in [-0.1, -0.05) is 6.92 Å². The first-order chi connectivity index (χ1) is 8.65. The Kier molecular flexibility index (Phi) is 10.6. The van der Waals surface area contributed by atoms with Crippen LogP contribution in [-0.4, -0.2) is 56.8 Å².